The lowest BCUT2D eigenvalue weighted by molar-refractivity contribution is -0.133. The van der Waals surface area contributed by atoms with Crippen molar-refractivity contribution in [1.29, 1.82) is 0 Å². The Morgan fingerprint density at radius 3 is 2.52 bits per heavy atom. The number of fused-ring (bicyclic) bond motifs is 1. The first-order chi connectivity index (χ1) is 16.0. The van der Waals surface area contributed by atoms with Gasteiger partial charge in [-0.1, -0.05) is 49.4 Å². The van der Waals surface area contributed by atoms with Gasteiger partial charge in [-0.15, -0.1) is 0 Å². The molecule has 2 aromatic carbocycles. The molecule has 2 aliphatic heterocycles. The van der Waals surface area contributed by atoms with Gasteiger partial charge in [-0.25, -0.2) is 4.98 Å². The molecule has 6 nitrogen and oxygen atoms in total. The van der Waals surface area contributed by atoms with Gasteiger partial charge < -0.3 is 14.4 Å². The summed E-state index contributed by atoms with van der Waals surface area (Å²) in [5, 5.41) is 0. The van der Waals surface area contributed by atoms with E-state index < -0.39 is 0 Å². The van der Waals surface area contributed by atoms with Gasteiger partial charge in [0.25, 0.3) is 0 Å². The van der Waals surface area contributed by atoms with Crippen LogP contribution >= 0.6 is 0 Å². The SMILES string of the molecule is CC1CCN(C(=O)Cn2c(C3CC(=O)N(C(C)c4ccccc4)C3)nc3ccccc32)CC1. The number of piperidine rings is 1. The molecule has 0 radical (unpaired) electrons. The molecular formula is C27H32N4O2. The number of hydrogen-bond donors (Lipinski definition) is 0. The number of benzene rings is 2. The fourth-order valence-corrected chi connectivity index (χ4v) is 5.26. The van der Waals surface area contributed by atoms with Gasteiger partial charge in [-0.3, -0.25) is 9.59 Å². The van der Waals surface area contributed by atoms with Crippen LogP contribution in [0.4, 0.5) is 0 Å². The van der Waals surface area contributed by atoms with Crippen molar-refractivity contribution in [2.24, 2.45) is 5.92 Å². The van der Waals surface area contributed by atoms with Crippen molar-refractivity contribution in [3.8, 4) is 0 Å². The molecule has 3 aromatic rings. The van der Waals surface area contributed by atoms with Crippen LogP contribution in [0.2, 0.25) is 0 Å². The molecule has 2 fully saturated rings. The Kier molecular flexibility index (Phi) is 5.92. The minimum atomic E-state index is -0.0229. The van der Waals surface area contributed by atoms with E-state index in [2.05, 4.69) is 30.5 Å². The van der Waals surface area contributed by atoms with Gasteiger partial charge in [-0.2, -0.15) is 0 Å². The molecule has 2 saturated heterocycles. The zero-order valence-corrected chi connectivity index (χ0v) is 19.5. The number of carbonyl (C=O) groups excluding carboxylic acids is 2. The third kappa shape index (κ3) is 4.26. The molecule has 2 aliphatic rings. The predicted molar refractivity (Wildman–Crippen MR) is 129 cm³/mol. The van der Waals surface area contributed by atoms with E-state index in [9.17, 15) is 9.59 Å². The van der Waals surface area contributed by atoms with Crippen molar-refractivity contribution in [2.75, 3.05) is 19.6 Å². The molecule has 33 heavy (non-hydrogen) atoms. The molecule has 5 rings (SSSR count). The molecule has 0 saturated carbocycles. The third-order valence-electron chi connectivity index (χ3n) is 7.39. The largest absolute Gasteiger partial charge is 0.341 e. The Bertz CT molecular complexity index is 1150. The van der Waals surface area contributed by atoms with Crippen LogP contribution in [-0.4, -0.2) is 50.8 Å². The van der Waals surface area contributed by atoms with Crippen LogP contribution in [-0.2, 0) is 16.1 Å². The molecule has 0 bridgehead atoms. The van der Waals surface area contributed by atoms with E-state index >= 15 is 0 Å². The summed E-state index contributed by atoms with van der Waals surface area (Å²) in [6.45, 7) is 6.89. The van der Waals surface area contributed by atoms with Crippen molar-refractivity contribution in [2.45, 2.75) is 51.6 Å². The lowest BCUT2D eigenvalue weighted by Crippen LogP contribution is -2.40. The Morgan fingerprint density at radius 1 is 1.06 bits per heavy atom. The highest BCUT2D eigenvalue weighted by Crippen LogP contribution is 2.35. The van der Waals surface area contributed by atoms with Gasteiger partial charge in [0.2, 0.25) is 11.8 Å². The number of imidazole rings is 1. The van der Waals surface area contributed by atoms with E-state index in [1.807, 2.05) is 52.3 Å². The average molecular weight is 445 g/mol. The van der Waals surface area contributed by atoms with Gasteiger partial charge in [-0.05, 0) is 43.4 Å². The Morgan fingerprint density at radius 2 is 1.76 bits per heavy atom. The van der Waals surface area contributed by atoms with E-state index in [4.69, 9.17) is 4.98 Å². The van der Waals surface area contributed by atoms with Gasteiger partial charge in [0.1, 0.15) is 12.4 Å². The van der Waals surface area contributed by atoms with Crippen LogP contribution < -0.4 is 0 Å². The summed E-state index contributed by atoms with van der Waals surface area (Å²) in [6.07, 6.45) is 2.55. The zero-order chi connectivity index (χ0) is 22.9. The quantitative estimate of drug-likeness (QED) is 0.587. The first kappa shape index (κ1) is 21.7. The lowest BCUT2D eigenvalue weighted by atomic mass is 9.99. The predicted octanol–water partition coefficient (Wildman–Crippen LogP) is 4.37. The number of amides is 2. The van der Waals surface area contributed by atoms with Crippen LogP contribution in [0.5, 0.6) is 0 Å². The van der Waals surface area contributed by atoms with E-state index in [-0.39, 0.29) is 30.3 Å². The fraction of sp³-hybridized carbons (Fsp3) is 0.444. The highest BCUT2D eigenvalue weighted by molar-refractivity contribution is 5.83. The highest BCUT2D eigenvalue weighted by Gasteiger charge is 2.37. The smallest absolute Gasteiger partial charge is 0.242 e. The van der Waals surface area contributed by atoms with E-state index in [0.29, 0.717) is 18.9 Å². The number of hydrogen-bond acceptors (Lipinski definition) is 3. The lowest BCUT2D eigenvalue weighted by Gasteiger charge is -2.30. The molecule has 0 N–H and O–H groups in total. The van der Waals surface area contributed by atoms with Gasteiger partial charge in [0, 0.05) is 32.0 Å². The molecule has 2 atom stereocenters. The number of nitrogens with zero attached hydrogens (tertiary/aromatic N) is 4. The maximum Gasteiger partial charge on any atom is 0.242 e. The maximum absolute atomic E-state index is 13.2. The second-order valence-electron chi connectivity index (χ2n) is 9.64. The molecule has 0 spiro atoms. The summed E-state index contributed by atoms with van der Waals surface area (Å²) in [5.41, 5.74) is 2.98. The Labute approximate surface area is 195 Å². The molecule has 1 aromatic heterocycles. The Hall–Kier alpha value is -3.15. The normalized spacial score (nSPS) is 20.5. The summed E-state index contributed by atoms with van der Waals surface area (Å²) in [6, 6.07) is 18.1. The molecule has 2 amide bonds. The second kappa shape index (κ2) is 9.00. The average Bonchev–Trinajstić information content (AvgIpc) is 3.40. The molecule has 172 valence electrons. The second-order valence-corrected chi connectivity index (χ2v) is 9.64. The molecule has 6 heteroatoms. The zero-order valence-electron chi connectivity index (χ0n) is 19.5. The summed E-state index contributed by atoms with van der Waals surface area (Å²) < 4.78 is 2.06. The first-order valence-corrected chi connectivity index (χ1v) is 12.1. The van der Waals surface area contributed by atoms with Crippen LogP contribution in [0, 0.1) is 5.92 Å². The fourth-order valence-electron chi connectivity index (χ4n) is 5.26. The monoisotopic (exact) mass is 444 g/mol. The standard InChI is InChI=1S/C27H32N4O2/c1-19-12-14-29(15-13-19)26(33)18-31-24-11-7-6-10-23(24)28-27(31)22-16-25(32)30(17-22)20(2)21-8-4-3-5-9-21/h3-11,19-20,22H,12-18H2,1-2H3. The summed E-state index contributed by atoms with van der Waals surface area (Å²) in [4.78, 5) is 35.1. The topological polar surface area (TPSA) is 58.4 Å². The van der Waals surface area contributed by atoms with Gasteiger partial charge in [0.15, 0.2) is 0 Å². The summed E-state index contributed by atoms with van der Waals surface area (Å²) in [7, 11) is 0. The number of para-hydroxylation sites is 2. The van der Waals surface area contributed by atoms with Gasteiger partial charge in [0.05, 0.1) is 17.1 Å². The van der Waals surface area contributed by atoms with E-state index in [1.165, 1.54) is 0 Å². The van der Waals surface area contributed by atoms with E-state index in [0.717, 1.165) is 48.4 Å². The van der Waals surface area contributed by atoms with Crippen molar-refractivity contribution in [3.05, 3.63) is 66.0 Å². The Balaban J connectivity index is 1.41. The number of likely N-dealkylation sites (tertiary alicyclic amines) is 2. The van der Waals surface area contributed by atoms with Crippen molar-refractivity contribution in [1.82, 2.24) is 19.4 Å². The first-order valence-electron chi connectivity index (χ1n) is 12.1. The van der Waals surface area contributed by atoms with Crippen LogP contribution in [0.15, 0.2) is 54.6 Å². The van der Waals surface area contributed by atoms with E-state index in [1.54, 1.807) is 0 Å². The van der Waals surface area contributed by atoms with Crippen LogP contribution in [0.1, 0.15) is 56.5 Å². The van der Waals surface area contributed by atoms with Gasteiger partial charge >= 0.3 is 0 Å². The summed E-state index contributed by atoms with van der Waals surface area (Å²) in [5.74, 6) is 1.80. The number of rotatable bonds is 5. The van der Waals surface area contributed by atoms with Crippen molar-refractivity contribution < 1.29 is 9.59 Å². The number of aromatic nitrogens is 2. The summed E-state index contributed by atoms with van der Waals surface area (Å²) >= 11 is 0. The molecule has 2 unspecified atom stereocenters. The maximum atomic E-state index is 13.2. The van der Waals surface area contributed by atoms with Crippen LogP contribution in [0.25, 0.3) is 11.0 Å². The molecule has 3 heterocycles. The molecular weight excluding hydrogens is 412 g/mol. The highest BCUT2D eigenvalue weighted by atomic mass is 16.2. The van der Waals surface area contributed by atoms with Crippen LogP contribution in [0.3, 0.4) is 0 Å². The number of carbonyl (C=O) groups is 2. The molecule has 0 aliphatic carbocycles. The minimum Gasteiger partial charge on any atom is -0.341 e. The third-order valence-corrected chi connectivity index (χ3v) is 7.39. The van der Waals surface area contributed by atoms with Crippen molar-refractivity contribution >= 4 is 22.8 Å². The minimum absolute atomic E-state index is 0.0125. The van der Waals surface area contributed by atoms with Crippen molar-refractivity contribution in [3.63, 3.8) is 0 Å².